The summed E-state index contributed by atoms with van der Waals surface area (Å²) in [6.45, 7) is 1.21. The summed E-state index contributed by atoms with van der Waals surface area (Å²) in [5.41, 5.74) is 0.996. The van der Waals surface area contributed by atoms with Crippen molar-refractivity contribution in [2.45, 2.75) is 18.8 Å². The number of hydrogen-bond donors (Lipinski definition) is 0. The molecule has 0 radical (unpaired) electrons. The number of piperidine rings is 1. The minimum absolute atomic E-state index is 0.240. The molecule has 1 fully saturated rings. The van der Waals surface area contributed by atoms with Crippen LogP contribution in [0.5, 0.6) is 0 Å². The Morgan fingerprint density at radius 1 is 1.44 bits per heavy atom. The molecule has 1 atom stereocenters. The van der Waals surface area contributed by atoms with Crippen molar-refractivity contribution in [2.75, 3.05) is 19.3 Å². The number of aromatic nitrogens is 1. The zero-order chi connectivity index (χ0) is 11.6. The first-order valence-electron chi connectivity index (χ1n) is 5.43. The standard InChI is InChI=1S/C11H16N2O2S/c1-16(14,15)13-8-4-5-10(9-13)11-6-2-3-7-12-11/h2-3,6-7,10H,4-5,8-9H2,1H3. The minimum Gasteiger partial charge on any atom is -0.261 e. The summed E-state index contributed by atoms with van der Waals surface area (Å²) in [6.07, 6.45) is 4.96. The van der Waals surface area contributed by atoms with E-state index < -0.39 is 10.0 Å². The van der Waals surface area contributed by atoms with Gasteiger partial charge in [-0.2, -0.15) is 0 Å². The molecule has 4 nitrogen and oxygen atoms in total. The molecule has 1 unspecified atom stereocenters. The minimum atomic E-state index is -3.06. The maximum Gasteiger partial charge on any atom is 0.211 e. The lowest BCUT2D eigenvalue weighted by molar-refractivity contribution is 0.314. The molecule has 0 bridgehead atoms. The third-order valence-electron chi connectivity index (χ3n) is 2.96. The zero-order valence-corrected chi connectivity index (χ0v) is 10.2. The molecule has 0 saturated carbocycles. The van der Waals surface area contributed by atoms with Gasteiger partial charge in [-0.1, -0.05) is 6.07 Å². The van der Waals surface area contributed by atoms with E-state index in [0.29, 0.717) is 13.1 Å². The predicted octanol–water partition coefficient (Wildman–Crippen LogP) is 1.22. The Kier molecular flexibility index (Phi) is 3.25. The highest BCUT2D eigenvalue weighted by atomic mass is 32.2. The highest BCUT2D eigenvalue weighted by Gasteiger charge is 2.27. The quantitative estimate of drug-likeness (QED) is 0.781. The van der Waals surface area contributed by atoms with Crippen LogP contribution in [0.1, 0.15) is 24.5 Å². The fourth-order valence-electron chi connectivity index (χ4n) is 2.10. The van der Waals surface area contributed by atoms with Crippen LogP contribution in [0.3, 0.4) is 0 Å². The molecule has 1 aromatic rings. The maximum absolute atomic E-state index is 11.5. The van der Waals surface area contributed by atoms with Crippen molar-refractivity contribution in [3.63, 3.8) is 0 Å². The molecule has 1 aromatic heterocycles. The van der Waals surface area contributed by atoms with Crippen molar-refractivity contribution in [3.8, 4) is 0 Å². The first-order chi connectivity index (χ1) is 7.57. The van der Waals surface area contributed by atoms with Crippen molar-refractivity contribution in [1.29, 1.82) is 0 Å². The normalized spacial score (nSPS) is 23.2. The van der Waals surface area contributed by atoms with Gasteiger partial charge in [0.1, 0.15) is 0 Å². The summed E-state index contributed by atoms with van der Waals surface area (Å²) in [5.74, 6) is 0.240. The molecule has 16 heavy (non-hydrogen) atoms. The monoisotopic (exact) mass is 240 g/mol. The van der Waals surface area contributed by atoms with E-state index in [9.17, 15) is 8.42 Å². The first kappa shape index (κ1) is 11.5. The number of rotatable bonds is 2. The molecule has 1 aliphatic rings. The Labute approximate surface area is 96.4 Å². The summed E-state index contributed by atoms with van der Waals surface area (Å²) in [5, 5.41) is 0. The van der Waals surface area contributed by atoms with Crippen molar-refractivity contribution in [3.05, 3.63) is 30.1 Å². The van der Waals surface area contributed by atoms with E-state index in [-0.39, 0.29) is 5.92 Å². The molecular weight excluding hydrogens is 224 g/mol. The first-order valence-corrected chi connectivity index (χ1v) is 7.28. The lowest BCUT2D eigenvalue weighted by atomic mass is 9.96. The van der Waals surface area contributed by atoms with E-state index >= 15 is 0 Å². The van der Waals surface area contributed by atoms with Gasteiger partial charge < -0.3 is 0 Å². The molecule has 88 valence electrons. The third kappa shape index (κ3) is 2.59. The predicted molar refractivity (Wildman–Crippen MR) is 62.6 cm³/mol. The Bertz CT molecular complexity index is 444. The number of nitrogens with zero attached hydrogens (tertiary/aromatic N) is 2. The second-order valence-electron chi connectivity index (χ2n) is 4.21. The van der Waals surface area contributed by atoms with Gasteiger partial charge in [0.2, 0.25) is 10.0 Å². The van der Waals surface area contributed by atoms with Crippen LogP contribution in [0.2, 0.25) is 0 Å². The van der Waals surface area contributed by atoms with Crippen molar-refractivity contribution >= 4 is 10.0 Å². The summed E-state index contributed by atoms with van der Waals surface area (Å²) in [7, 11) is -3.06. The Hall–Kier alpha value is -0.940. The van der Waals surface area contributed by atoms with Gasteiger partial charge in [-0.3, -0.25) is 4.98 Å². The van der Waals surface area contributed by atoms with Crippen LogP contribution < -0.4 is 0 Å². The van der Waals surface area contributed by atoms with E-state index in [1.807, 2.05) is 18.2 Å². The molecule has 2 heterocycles. The Morgan fingerprint density at radius 2 is 2.25 bits per heavy atom. The van der Waals surface area contributed by atoms with E-state index in [1.165, 1.54) is 6.26 Å². The summed E-state index contributed by atoms with van der Waals surface area (Å²) >= 11 is 0. The maximum atomic E-state index is 11.5. The Balaban J connectivity index is 2.14. The topological polar surface area (TPSA) is 50.3 Å². The SMILES string of the molecule is CS(=O)(=O)N1CCCC(c2ccccn2)C1. The van der Waals surface area contributed by atoms with Gasteiger partial charge in [0, 0.05) is 30.9 Å². The van der Waals surface area contributed by atoms with Crippen LogP contribution in [0.25, 0.3) is 0 Å². The molecule has 1 aliphatic heterocycles. The van der Waals surface area contributed by atoms with Crippen LogP contribution in [0.4, 0.5) is 0 Å². The summed E-state index contributed by atoms with van der Waals surface area (Å²) in [6, 6.07) is 5.79. The largest absolute Gasteiger partial charge is 0.261 e. The van der Waals surface area contributed by atoms with Gasteiger partial charge in [0.15, 0.2) is 0 Å². The van der Waals surface area contributed by atoms with Gasteiger partial charge in [-0.05, 0) is 25.0 Å². The smallest absolute Gasteiger partial charge is 0.211 e. The van der Waals surface area contributed by atoms with Crippen LogP contribution >= 0.6 is 0 Å². The molecule has 5 heteroatoms. The van der Waals surface area contributed by atoms with Crippen molar-refractivity contribution in [1.82, 2.24) is 9.29 Å². The van der Waals surface area contributed by atoms with E-state index in [0.717, 1.165) is 18.5 Å². The number of hydrogen-bond acceptors (Lipinski definition) is 3. The molecule has 0 aromatic carbocycles. The molecule has 0 spiro atoms. The van der Waals surface area contributed by atoms with Gasteiger partial charge >= 0.3 is 0 Å². The summed E-state index contributed by atoms with van der Waals surface area (Å²) in [4.78, 5) is 4.30. The molecule has 0 amide bonds. The van der Waals surface area contributed by atoms with E-state index in [4.69, 9.17) is 0 Å². The second kappa shape index (κ2) is 4.51. The number of pyridine rings is 1. The average Bonchev–Trinajstić information content (AvgIpc) is 2.29. The zero-order valence-electron chi connectivity index (χ0n) is 9.33. The van der Waals surface area contributed by atoms with Gasteiger partial charge in [0.25, 0.3) is 0 Å². The number of sulfonamides is 1. The van der Waals surface area contributed by atoms with Crippen molar-refractivity contribution < 1.29 is 8.42 Å². The van der Waals surface area contributed by atoms with Crippen molar-refractivity contribution in [2.24, 2.45) is 0 Å². The van der Waals surface area contributed by atoms with E-state index in [2.05, 4.69) is 4.98 Å². The highest BCUT2D eigenvalue weighted by Crippen LogP contribution is 2.26. The fourth-order valence-corrected chi connectivity index (χ4v) is 3.01. The van der Waals surface area contributed by atoms with Gasteiger partial charge in [-0.25, -0.2) is 12.7 Å². The third-order valence-corrected chi connectivity index (χ3v) is 4.23. The molecule has 2 rings (SSSR count). The Morgan fingerprint density at radius 3 is 2.88 bits per heavy atom. The van der Waals surface area contributed by atoms with E-state index in [1.54, 1.807) is 10.5 Å². The lowest BCUT2D eigenvalue weighted by Crippen LogP contribution is -2.38. The molecule has 0 aliphatic carbocycles. The van der Waals surface area contributed by atoms with Crippen LogP contribution in [-0.2, 0) is 10.0 Å². The molecule has 0 N–H and O–H groups in total. The highest BCUT2D eigenvalue weighted by molar-refractivity contribution is 7.88. The average molecular weight is 240 g/mol. The van der Waals surface area contributed by atoms with Gasteiger partial charge in [-0.15, -0.1) is 0 Å². The van der Waals surface area contributed by atoms with Crippen LogP contribution in [0.15, 0.2) is 24.4 Å². The molecule has 1 saturated heterocycles. The fraction of sp³-hybridized carbons (Fsp3) is 0.545. The summed E-state index contributed by atoms with van der Waals surface area (Å²) < 4.78 is 24.5. The van der Waals surface area contributed by atoms with Gasteiger partial charge in [0.05, 0.1) is 6.26 Å². The molecular formula is C11H16N2O2S. The lowest BCUT2D eigenvalue weighted by Gasteiger charge is -2.30. The second-order valence-corrected chi connectivity index (χ2v) is 6.20. The van der Waals surface area contributed by atoms with Crippen LogP contribution in [0, 0.1) is 0 Å². The van der Waals surface area contributed by atoms with Crippen LogP contribution in [-0.4, -0.2) is 37.1 Å².